The Labute approximate surface area is 130 Å². The van der Waals surface area contributed by atoms with Crippen molar-refractivity contribution in [2.24, 2.45) is 0 Å². The first kappa shape index (κ1) is 15.5. The van der Waals surface area contributed by atoms with E-state index in [-0.39, 0.29) is 11.3 Å². The zero-order valence-electron chi connectivity index (χ0n) is 12.7. The Bertz CT molecular complexity index is 675. The predicted octanol–water partition coefficient (Wildman–Crippen LogP) is 4.59. The molecule has 0 aliphatic heterocycles. The standard InChI is InChI=1S/C17H19ClN2O/c1-11-7-8-19-15(9-11)16(21)20-12-5-6-14(18)13(10-12)17(2,3)4/h5-10H,1-4H3,(H,20,21). The van der Waals surface area contributed by atoms with Crippen molar-refractivity contribution in [3.63, 3.8) is 0 Å². The monoisotopic (exact) mass is 302 g/mol. The van der Waals surface area contributed by atoms with Gasteiger partial charge in [-0.25, -0.2) is 0 Å². The number of hydrogen-bond acceptors (Lipinski definition) is 2. The third-order valence-corrected chi connectivity index (χ3v) is 3.51. The number of pyridine rings is 1. The molecule has 2 aromatic rings. The number of nitrogens with zero attached hydrogens (tertiary/aromatic N) is 1. The number of hydrogen-bond donors (Lipinski definition) is 1. The Balaban J connectivity index is 2.26. The van der Waals surface area contributed by atoms with E-state index in [2.05, 4.69) is 31.1 Å². The number of aryl methyl sites for hydroxylation is 1. The van der Waals surface area contributed by atoms with Crippen LogP contribution in [-0.2, 0) is 5.41 Å². The second-order valence-corrected chi connectivity index (χ2v) is 6.52. The minimum Gasteiger partial charge on any atom is -0.321 e. The van der Waals surface area contributed by atoms with Crippen molar-refractivity contribution in [2.45, 2.75) is 33.1 Å². The van der Waals surface area contributed by atoms with Crippen molar-refractivity contribution in [3.05, 3.63) is 58.4 Å². The van der Waals surface area contributed by atoms with Crippen molar-refractivity contribution >= 4 is 23.2 Å². The van der Waals surface area contributed by atoms with Gasteiger partial charge in [-0.3, -0.25) is 9.78 Å². The summed E-state index contributed by atoms with van der Waals surface area (Å²) in [5, 5.41) is 3.57. The molecule has 1 aromatic carbocycles. The largest absolute Gasteiger partial charge is 0.321 e. The zero-order valence-corrected chi connectivity index (χ0v) is 13.5. The van der Waals surface area contributed by atoms with Gasteiger partial charge in [-0.2, -0.15) is 0 Å². The molecule has 1 amide bonds. The lowest BCUT2D eigenvalue weighted by Crippen LogP contribution is -2.16. The second-order valence-electron chi connectivity index (χ2n) is 6.12. The number of carbonyl (C=O) groups is 1. The van der Waals surface area contributed by atoms with E-state index in [4.69, 9.17) is 11.6 Å². The lowest BCUT2D eigenvalue weighted by Gasteiger charge is -2.21. The fraction of sp³-hybridized carbons (Fsp3) is 0.294. The average Bonchev–Trinajstić information content (AvgIpc) is 2.39. The highest BCUT2D eigenvalue weighted by Crippen LogP contribution is 2.31. The first-order valence-corrected chi connectivity index (χ1v) is 7.19. The van der Waals surface area contributed by atoms with E-state index in [1.54, 1.807) is 24.4 Å². The van der Waals surface area contributed by atoms with E-state index in [1.807, 2.05) is 19.1 Å². The number of halogens is 1. The topological polar surface area (TPSA) is 42.0 Å². The van der Waals surface area contributed by atoms with Crippen LogP contribution in [0, 0.1) is 6.92 Å². The first-order chi connectivity index (χ1) is 9.77. The summed E-state index contributed by atoms with van der Waals surface area (Å²) in [5.41, 5.74) is 3.04. The van der Waals surface area contributed by atoms with E-state index in [9.17, 15) is 4.79 Å². The quantitative estimate of drug-likeness (QED) is 0.881. The smallest absolute Gasteiger partial charge is 0.274 e. The van der Waals surface area contributed by atoms with E-state index in [0.717, 1.165) is 16.8 Å². The van der Waals surface area contributed by atoms with Crippen molar-refractivity contribution in [1.29, 1.82) is 0 Å². The molecule has 0 unspecified atom stereocenters. The summed E-state index contributed by atoms with van der Waals surface area (Å²) in [6.07, 6.45) is 1.63. The SMILES string of the molecule is Cc1ccnc(C(=O)Nc2ccc(Cl)c(C(C)(C)C)c2)c1. The molecule has 0 saturated carbocycles. The maximum Gasteiger partial charge on any atom is 0.274 e. The molecular weight excluding hydrogens is 284 g/mol. The second kappa shape index (κ2) is 5.86. The number of rotatable bonds is 2. The van der Waals surface area contributed by atoms with Gasteiger partial charge in [-0.15, -0.1) is 0 Å². The van der Waals surface area contributed by atoms with Gasteiger partial charge in [-0.1, -0.05) is 32.4 Å². The maximum atomic E-state index is 12.2. The van der Waals surface area contributed by atoms with Crippen LogP contribution in [-0.4, -0.2) is 10.9 Å². The minimum absolute atomic E-state index is 0.0839. The summed E-state index contributed by atoms with van der Waals surface area (Å²) < 4.78 is 0. The van der Waals surface area contributed by atoms with Gasteiger partial charge < -0.3 is 5.32 Å². The van der Waals surface area contributed by atoms with Crippen LogP contribution in [0.3, 0.4) is 0 Å². The highest BCUT2D eigenvalue weighted by atomic mass is 35.5. The Hall–Kier alpha value is -1.87. The molecule has 21 heavy (non-hydrogen) atoms. The van der Waals surface area contributed by atoms with Gasteiger partial charge in [-0.05, 0) is 53.8 Å². The number of anilines is 1. The third-order valence-electron chi connectivity index (χ3n) is 3.18. The minimum atomic E-state index is -0.221. The van der Waals surface area contributed by atoms with Crippen LogP contribution < -0.4 is 5.32 Å². The van der Waals surface area contributed by atoms with Gasteiger partial charge in [0.05, 0.1) is 0 Å². The fourth-order valence-electron chi connectivity index (χ4n) is 2.03. The van der Waals surface area contributed by atoms with Crippen molar-refractivity contribution in [2.75, 3.05) is 5.32 Å². The number of nitrogens with one attached hydrogen (secondary N) is 1. The van der Waals surface area contributed by atoms with E-state index >= 15 is 0 Å². The normalized spacial score (nSPS) is 11.3. The number of aromatic nitrogens is 1. The molecule has 0 spiro atoms. The maximum absolute atomic E-state index is 12.2. The molecule has 110 valence electrons. The average molecular weight is 303 g/mol. The molecular formula is C17H19ClN2O. The van der Waals surface area contributed by atoms with E-state index < -0.39 is 0 Å². The molecule has 0 bridgehead atoms. The molecule has 0 atom stereocenters. The Morgan fingerprint density at radius 1 is 1.19 bits per heavy atom. The predicted molar refractivity (Wildman–Crippen MR) is 87.1 cm³/mol. The van der Waals surface area contributed by atoms with E-state index in [0.29, 0.717) is 10.7 Å². The Morgan fingerprint density at radius 2 is 1.90 bits per heavy atom. The molecule has 3 nitrogen and oxygen atoms in total. The van der Waals surface area contributed by atoms with Gasteiger partial charge in [0.25, 0.3) is 5.91 Å². The van der Waals surface area contributed by atoms with Gasteiger partial charge in [0.2, 0.25) is 0 Å². The summed E-state index contributed by atoms with van der Waals surface area (Å²) >= 11 is 6.23. The Kier molecular flexibility index (Phi) is 4.33. The highest BCUT2D eigenvalue weighted by molar-refractivity contribution is 6.31. The van der Waals surface area contributed by atoms with Crippen LogP contribution in [0.4, 0.5) is 5.69 Å². The van der Waals surface area contributed by atoms with Crippen LogP contribution in [0.25, 0.3) is 0 Å². The summed E-state index contributed by atoms with van der Waals surface area (Å²) in [7, 11) is 0. The summed E-state index contributed by atoms with van der Waals surface area (Å²) in [6, 6.07) is 9.13. The molecule has 0 radical (unpaired) electrons. The Morgan fingerprint density at radius 3 is 2.52 bits per heavy atom. The van der Waals surface area contributed by atoms with Crippen LogP contribution in [0.5, 0.6) is 0 Å². The lowest BCUT2D eigenvalue weighted by atomic mass is 9.87. The molecule has 4 heteroatoms. The molecule has 2 rings (SSSR count). The molecule has 0 aliphatic rings. The van der Waals surface area contributed by atoms with Crippen LogP contribution in [0.15, 0.2) is 36.5 Å². The highest BCUT2D eigenvalue weighted by Gasteiger charge is 2.18. The third kappa shape index (κ3) is 3.82. The summed E-state index contributed by atoms with van der Waals surface area (Å²) in [6.45, 7) is 8.18. The first-order valence-electron chi connectivity index (χ1n) is 6.81. The summed E-state index contributed by atoms with van der Waals surface area (Å²) in [4.78, 5) is 16.3. The van der Waals surface area contributed by atoms with Gasteiger partial charge in [0.1, 0.15) is 5.69 Å². The van der Waals surface area contributed by atoms with Gasteiger partial charge in [0, 0.05) is 16.9 Å². The van der Waals surface area contributed by atoms with Gasteiger partial charge >= 0.3 is 0 Å². The zero-order chi connectivity index (χ0) is 15.6. The fourth-order valence-corrected chi connectivity index (χ4v) is 2.43. The number of carbonyl (C=O) groups excluding carboxylic acids is 1. The molecule has 1 N–H and O–H groups in total. The summed E-state index contributed by atoms with van der Waals surface area (Å²) in [5.74, 6) is -0.221. The van der Waals surface area contributed by atoms with Crippen molar-refractivity contribution < 1.29 is 4.79 Å². The molecule has 1 heterocycles. The van der Waals surface area contributed by atoms with Crippen molar-refractivity contribution in [1.82, 2.24) is 4.98 Å². The van der Waals surface area contributed by atoms with Crippen LogP contribution in [0.1, 0.15) is 42.4 Å². The van der Waals surface area contributed by atoms with E-state index in [1.165, 1.54) is 0 Å². The van der Waals surface area contributed by atoms with Crippen LogP contribution in [0.2, 0.25) is 5.02 Å². The molecule has 0 fully saturated rings. The molecule has 0 saturated heterocycles. The van der Waals surface area contributed by atoms with Gasteiger partial charge in [0.15, 0.2) is 0 Å². The van der Waals surface area contributed by atoms with Crippen LogP contribution >= 0.6 is 11.6 Å². The molecule has 1 aromatic heterocycles. The van der Waals surface area contributed by atoms with Crippen molar-refractivity contribution in [3.8, 4) is 0 Å². The lowest BCUT2D eigenvalue weighted by molar-refractivity contribution is 0.102. The molecule has 0 aliphatic carbocycles. The number of benzene rings is 1. The number of amides is 1.